The summed E-state index contributed by atoms with van der Waals surface area (Å²) in [4.78, 5) is 36.5. The van der Waals surface area contributed by atoms with Crippen LogP contribution in [0.3, 0.4) is 0 Å². The molecule has 1 aromatic heterocycles. The molecule has 1 saturated heterocycles. The molecule has 3 atom stereocenters. The van der Waals surface area contributed by atoms with Gasteiger partial charge in [0.1, 0.15) is 0 Å². The molecule has 152 valence electrons. The van der Waals surface area contributed by atoms with Crippen LogP contribution in [0.4, 0.5) is 4.79 Å². The van der Waals surface area contributed by atoms with Crippen LogP contribution >= 0.6 is 0 Å². The molecule has 8 N–H and O–H groups in total. The van der Waals surface area contributed by atoms with Crippen LogP contribution in [0.1, 0.15) is 13.3 Å². The highest BCUT2D eigenvalue weighted by Crippen LogP contribution is 2.32. The summed E-state index contributed by atoms with van der Waals surface area (Å²) in [6.07, 6.45) is 6.61. The molecule has 3 rings (SSSR count). The molecule has 2 heterocycles. The zero-order chi connectivity index (χ0) is 20.9. The largest absolute Gasteiger partial charge is 0.480 e. The smallest absolute Gasteiger partial charge is 0.331 e. The van der Waals surface area contributed by atoms with Gasteiger partial charge in [-0.3, -0.25) is 5.10 Å². The molecule has 1 aliphatic carbocycles. The fourth-order valence-electron chi connectivity index (χ4n) is 3.02. The van der Waals surface area contributed by atoms with Gasteiger partial charge in [0.25, 0.3) is 0 Å². The lowest BCUT2D eigenvalue weighted by atomic mass is 9.75. The third-order valence-electron chi connectivity index (χ3n) is 4.79. The second-order valence-corrected chi connectivity index (χ2v) is 6.59. The van der Waals surface area contributed by atoms with E-state index in [4.69, 9.17) is 16.6 Å². The molecule has 11 nitrogen and oxygen atoms in total. The minimum absolute atomic E-state index is 0.0482. The number of rotatable bonds is 3. The fraction of sp³-hybridized carbons (Fsp3) is 0.412. The summed E-state index contributed by atoms with van der Waals surface area (Å²) in [7, 11) is 0. The van der Waals surface area contributed by atoms with Crippen LogP contribution in [0.2, 0.25) is 0 Å². The molecule has 0 aromatic carbocycles. The molecule has 2 amide bonds. The Labute approximate surface area is 161 Å². The van der Waals surface area contributed by atoms with Crippen molar-refractivity contribution in [3.8, 4) is 0 Å². The van der Waals surface area contributed by atoms with E-state index in [0.717, 1.165) is 0 Å². The maximum absolute atomic E-state index is 12.2. The summed E-state index contributed by atoms with van der Waals surface area (Å²) in [5.41, 5.74) is 9.50. The number of allylic oxidation sites excluding steroid dienone is 2. The van der Waals surface area contributed by atoms with Gasteiger partial charge in [0.2, 0.25) is 0 Å². The summed E-state index contributed by atoms with van der Waals surface area (Å²) in [6, 6.07) is 1.22. The van der Waals surface area contributed by atoms with Crippen LogP contribution in [0.5, 0.6) is 0 Å². The standard InChI is InChI=1S/C14H20N4O5.C3H4N2/c1-7-9(11(19)20)2-3-10(14(7,16)12(21)22)17-13(23)18-5-4-8(15)6-18;1-2-4-5-3-1/h2-3,7-8H,4-6,15-16H2,1H3,(H,17,23)(H,19,20)(H,21,22);1-3H,(H,4,5). The van der Waals surface area contributed by atoms with Crippen LogP contribution < -0.4 is 16.8 Å². The van der Waals surface area contributed by atoms with Gasteiger partial charge in [-0.25, -0.2) is 14.4 Å². The van der Waals surface area contributed by atoms with Gasteiger partial charge < -0.3 is 31.9 Å². The molecule has 0 saturated carbocycles. The quantitative estimate of drug-likeness (QED) is 0.395. The van der Waals surface area contributed by atoms with Crippen molar-refractivity contribution in [2.45, 2.75) is 24.9 Å². The number of carboxylic acids is 2. The molecule has 28 heavy (non-hydrogen) atoms. The van der Waals surface area contributed by atoms with Crippen molar-refractivity contribution >= 4 is 18.0 Å². The van der Waals surface area contributed by atoms with E-state index in [1.165, 1.54) is 24.0 Å². The van der Waals surface area contributed by atoms with Gasteiger partial charge in [0.15, 0.2) is 5.54 Å². The predicted molar refractivity (Wildman–Crippen MR) is 98.8 cm³/mol. The molecule has 3 unspecified atom stereocenters. The van der Waals surface area contributed by atoms with E-state index in [-0.39, 0.29) is 17.3 Å². The number of H-pyrrole nitrogens is 1. The van der Waals surface area contributed by atoms with Gasteiger partial charge >= 0.3 is 18.0 Å². The number of hydrogen-bond donors (Lipinski definition) is 6. The van der Waals surface area contributed by atoms with E-state index in [0.29, 0.717) is 19.5 Å². The highest BCUT2D eigenvalue weighted by molar-refractivity contribution is 5.94. The van der Waals surface area contributed by atoms with Crippen molar-refractivity contribution in [1.29, 1.82) is 0 Å². The third kappa shape index (κ3) is 4.38. The lowest BCUT2D eigenvalue weighted by Gasteiger charge is -2.36. The number of aromatic amines is 1. The lowest BCUT2D eigenvalue weighted by molar-refractivity contribution is -0.143. The SMILES string of the molecule is CC1C(C(=O)O)=CC=C(NC(=O)N2CCC(N)C2)C1(N)C(=O)O.c1cn[nH]c1. The van der Waals surface area contributed by atoms with E-state index >= 15 is 0 Å². The molecular formula is C17H24N6O5. The summed E-state index contributed by atoms with van der Waals surface area (Å²) in [5.74, 6) is -3.68. The third-order valence-corrected chi connectivity index (χ3v) is 4.79. The Morgan fingerprint density at radius 3 is 2.50 bits per heavy atom. The Hall–Kier alpha value is -3.18. The summed E-state index contributed by atoms with van der Waals surface area (Å²) >= 11 is 0. The summed E-state index contributed by atoms with van der Waals surface area (Å²) in [5, 5.41) is 27.3. The molecule has 1 fully saturated rings. The normalized spacial score (nSPS) is 26.5. The van der Waals surface area contributed by atoms with Crippen LogP contribution in [-0.4, -0.2) is 68.0 Å². The fourth-order valence-corrected chi connectivity index (χ4v) is 3.02. The molecule has 0 spiro atoms. The molecular weight excluding hydrogens is 368 g/mol. The second kappa shape index (κ2) is 8.67. The Morgan fingerprint density at radius 1 is 1.36 bits per heavy atom. The molecule has 0 bridgehead atoms. The summed E-state index contributed by atoms with van der Waals surface area (Å²) < 4.78 is 0. The first-order valence-corrected chi connectivity index (χ1v) is 8.61. The second-order valence-electron chi connectivity index (χ2n) is 6.59. The highest BCUT2D eigenvalue weighted by Gasteiger charge is 2.49. The number of hydrogen-bond acceptors (Lipinski definition) is 6. The first kappa shape index (κ1) is 21.1. The van der Waals surface area contributed by atoms with Crippen LogP contribution in [-0.2, 0) is 9.59 Å². The minimum atomic E-state index is -2.03. The first-order chi connectivity index (χ1) is 13.2. The van der Waals surface area contributed by atoms with Crippen LogP contribution in [0, 0.1) is 5.92 Å². The van der Waals surface area contributed by atoms with Crippen molar-refractivity contribution in [2.75, 3.05) is 13.1 Å². The van der Waals surface area contributed by atoms with Gasteiger partial charge in [0, 0.05) is 43.0 Å². The number of carbonyl (C=O) groups excluding carboxylic acids is 1. The first-order valence-electron chi connectivity index (χ1n) is 8.61. The molecule has 0 radical (unpaired) electrons. The van der Waals surface area contributed by atoms with E-state index in [9.17, 15) is 19.5 Å². The van der Waals surface area contributed by atoms with Crippen molar-refractivity contribution in [1.82, 2.24) is 20.4 Å². The van der Waals surface area contributed by atoms with E-state index in [2.05, 4.69) is 15.5 Å². The van der Waals surface area contributed by atoms with Crippen molar-refractivity contribution in [3.63, 3.8) is 0 Å². The number of likely N-dealkylation sites (tertiary alicyclic amines) is 1. The lowest BCUT2D eigenvalue weighted by Crippen LogP contribution is -2.61. The maximum Gasteiger partial charge on any atom is 0.331 e. The summed E-state index contributed by atoms with van der Waals surface area (Å²) in [6.45, 7) is 2.24. The van der Waals surface area contributed by atoms with E-state index in [1.54, 1.807) is 12.4 Å². The number of aromatic nitrogens is 2. The molecule has 1 aliphatic heterocycles. The zero-order valence-corrected chi connectivity index (χ0v) is 15.3. The van der Waals surface area contributed by atoms with Crippen LogP contribution in [0.15, 0.2) is 41.9 Å². The number of carbonyl (C=O) groups is 3. The number of nitrogens with one attached hydrogen (secondary N) is 2. The van der Waals surface area contributed by atoms with E-state index in [1.807, 2.05) is 6.07 Å². The monoisotopic (exact) mass is 392 g/mol. The van der Waals surface area contributed by atoms with Gasteiger partial charge in [-0.1, -0.05) is 6.92 Å². The molecule has 1 aromatic rings. The number of amides is 2. The average molecular weight is 392 g/mol. The van der Waals surface area contributed by atoms with Crippen molar-refractivity contribution < 1.29 is 24.6 Å². The maximum atomic E-state index is 12.2. The van der Waals surface area contributed by atoms with Crippen molar-refractivity contribution in [3.05, 3.63) is 41.9 Å². The number of urea groups is 1. The van der Waals surface area contributed by atoms with Gasteiger partial charge in [-0.05, 0) is 24.6 Å². The van der Waals surface area contributed by atoms with Gasteiger partial charge in [-0.2, -0.15) is 5.10 Å². The van der Waals surface area contributed by atoms with Gasteiger partial charge in [0.05, 0.1) is 5.70 Å². The topological polar surface area (TPSA) is 188 Å². The molecule has 11 heteroatoms. The Morgan fingerprint density at radius 2 is 2.07 bits per heavy atom. The Bertz CT molecular complexity index is 773. The Kier molecular flexibility index (Phi) is 6.54. The number of nitrogens with two attached hydrogens (primary N) is 2. The number of aliphatic carboxylic acids is 2. The number of carboxylic acid groups (broad SMARTS) is 2. The van der Waals surface area contributed by atoms with Gasteiger partial charge in [-0.15, -0.1) is 0 Å². The zero-order valence-electron chi connectivity index (χ0n) is 15.3. The molecule has 2 aliphatic rings. The van der Waals surface area contributed by atoms with Crippen molar-refractivity contribution in [2.24, 2.45) is 17.4 Å². The highest BCUT2D eigenvalue weighted by atomic mass is 16.4. The minimum Gasteiger partial charge on any atom is -0.480 e. The predicted octanol–water partition coefficient (Wildman–Crippen LogP) is -0.535. The Balaban J connectivity index is 0.000000485. The van der Waals surface area contributed by atoms with Crippen LogP contribution in [0.25, 0.3) is 0 Å². The van der Waals surface area contributed by atoms with E-state index < -0.39 is 29.4 Å². The number of nitrogens with zero attached hydrogens (tertiary/aromatic N) is 2. The average Bonchev–Trinajstić information content (AvgIpc) is 3.33.